The summed E-state index contributed by atoms with van der Waals surface area (Å²) in [6.07, 6.45) is 1.01. The Morgan fingerprint density at radius 3 is 2.00 bits per heavy atom. The topological polar surface area (TPSA) is 35.2 Å². The summed E-state index contributed by atoms with van der Waals surface area (Å²) >= 11 is 0. The van der Waals surface area contributed by atoms with Crippen LogP contribution in [0.5, 0.6) is 0 Å². The van der Waals surface area contributed by atoms with Gasteiger partial charge in [-0.15, -0.1) is 0 Å². The Morgan fingerprint density at radius 1 is 1.17 bits per heavy atom. The van der Waals surface area contributed by atoms with Crippen LogP contribution >= 0.6 is 0 Å². The molecule has 1 fully saturated rings. The molecule has 1 saturated heterocycles. The quantitative estimate of drug-likeness (QED) is 0.891. The second-order valence-electron chi connectivity index (χ2n) is 6.09. The standard InChI is InChI=1S/C16H25NO/c1-10-6-11(2)14(5)15(13(10)4)16(7-12(3)17)8-18-9-16/h6,12H,7-9,17H2,1-5H3. The molecule has 2 heteroatoms. The van der Waals surface area contributed by atoms with Gasteiger partial charge in [-0.2, -0.15) is 0 Å². The minimum Gasteiger partial charge on any atom is -0.379 e. The van der Waals surface area contributed by atoms with Crippen LogP contribution in [0.4, 0.5) is 0 Å². The van der Waals surface area contributed by atoms with Crippen LogP contribution < -0.4 is 5.73 Å². The lowest BCUT2D eigenvalue weighted by Gasteiger charge is -2.45. The van der Waals surface area contributed by atoms with Crippen LogP contribution in [-0.2, 0) is 10.2 Å². The molecular formula is C16H25NO. The van der Waals surface area contributed by atoms with Crippen LogP contribution in [0.15, 0.2) is 6.07 Å². The van der Waals surface area contributed by atoms with Crippen molar-refractivity contribution in [2.75, 3.05) is 13.2 Å². The van der Waals surface area contributed by atoms with E-state index in [0.717, 1.165) is 19.6 Å². The zero-order valence-corrected chi connectivity index (χ0v) is 12.3. The third kappa shape index (κ3) is 2.08. The molecule has 1 aromatic carbocycles. The summed E-state index contributed by atoms with van der Waals surface area (Å²) in [5, 5.41) is 0. The Balaban J connectivity index is 2.55. The molecule has 2 nitrogen and oxygen atoms in total. The van der Waals surface area contributed by atoms with Crippen molar-refractivity contribution in [2.24, 2.45) is 5.73 Å². The molecule has 2 N–H and O–H groups in total. The number of hydrogen-bond acceptors (Lipinski definition) is 2. The van der Waals surface area contributed by atoms with Crippen molar-refractivity contribution in [3.05, 3.63) is 33.9 Å². The Morgan fingerprint density at radius 2 is 1.67 bits per heavy atom. The first-order valence-corrected chi connectivity index (χ1v) is 6.78. The molecule has 0 aliphatic carbocycles. The first-order chi connectivity index (χ1) is 8.37. The molecule has 1 aliphatic rings. The Kier molecular flexibility index (Phi) is 3.52. The normalized spacial score (nSPS) is 19.4. The fourth-order valence-electron chi connectivity index (χ4n) is 3.34. The number of hydrogen-bond donors (Lipinski definition) is 1. The lowest BCUT2D eigenvalue weighted by molar-refractivity contribution is -0.0671. The summed E-state index contributed by atoms with van der Waals surface area (Å²) in [4.78, 5) is 0. The highest BCUT2D eigenvalue weighted by atomic mass is 16.5. The predicted molar refractivity (Wildman–Crippen MR) is 76.2 cm³/mol. The molecule has 1 aliphatic heterocycles. The lowest BCUT2D eigenvalue weighted by Crippen LogP contribution is -2.50. The lowest BCUT2D eigenvalue weighted by atomic mass is 9.69. The Bertz CT molecular complexity index is 432. The van der Waals surface area contributed by atoms with Gasteiger partial charge in [0.1, 0.15) is 0 Å². The van der Waals surface area contributed by atoms with E-state index >= 15 is 0 Å². The average molecular weight is 247 g/mol. The summed E-state index contributed by atoms with van der Waals surface area (Å²) < 4.78 is 5.53. The van der Waals surface area contributed by atoms with Crippen molar-refractivity contribution in [2.45, 2.75) is 52.5 Å². The van der Waals surface area contributed by atoms with Gasteiger partial charge in [0, 0.05) is 11.5 Å². The molecule has 0 spiro atoms. The third-order valence-corrected chi connectivity index (χ3v) is 4.37. The minimum absolute atomic E-state index is 0.152. The van der Waals surface area contributed by atoms with Crippen molar-refractivity contribution >= 4 is 0 Å². The summed E-state index contributed by atoms with van der Waals surface area (Å²) in [6.45, 7) is 12.6. The fraction of sp³-hybridized carbons (Fsp3) is 0.625. The van der Waals surface area contributed by atoms with E-state index in [1.54, 1.807) is 0 Å². The van der Waals surface area contributed by atoms with Gasteiger partial charge in [-0.25, -0.2) is 0 Å². The first kappa shape index (κ1) is 13.6. The van der Waals surface area contributed by atoms with Crippen LogP contribution in [0.1, 0.15) is 41.2 Å². The SMILES string of the molecule is Cc1cc(C)c(C)c(C2(CC(C)N)COC2)c1C. The average Bonchev–Trinajstić information content (AvgIpc) is 2.22. The maximum absolute atomic E-state index is 6.05. The van der Waals surface area contributed by atoms with Crippen LogP contribution in [-0.4, -0.2) is 19.3 Å². The van der Waals surface area contributed by atoms with E-state index in [-0.39, 0.29) is 11.5 Å². The van der Waals surface area contributed by atoms with Gasteiger partial charge in [-0.05, 0) is 68.9 Å². The van der Waals surface area contributed by atoms with E-state index < -0.39 is 0 Å². The van der Waals surface area contributed by atoms with Gasteiger partial charge in [-0.1, -0.05) is 6.07 Å². The molecule has 0 saturated carbocycles. The predicted octanol–water partition coefficient (Wildman–Crippen LogP) is 2.93. The van der Waals surface area contributed by atoms with Gasteiger partial charge in [0.05, 0.1) is 13.2 Å². The van der Waals surface area contributed by atoms with Gasteiger partial charge in [0.2, 0.25) is 0 Å². The van der Waals surface area contributed by atoms with E-state index in [0.29, 0.717) is 0 Å². The molecule has 0 amide bonds. The smallest absolute Gasteiger partial charge is 0.0586 e. The van der Waals surface area contributed by atoms with Gasteiger partial charge >= 0.3 is 0 Å². The maximum Gasteiger partial charge on any atom is 0.0586 e. The van der Waals surface area contributed by atoms with E-state index in [1.807, 2.05) is 0 Å². The minimum atomic E-state index is 0.152. The van der Waals surface area contributed by atoms with Gasteiger partial charge in [0.15, 0.2) is 0 Å². The number of nitrogens with two attached hydrogens (primary N) is 1. The third-order valence-electron chi connectivity index (χ3n) is 4.37. The van der Waals surface area contributed by atoms with E-state index in [4.69, 9.17) is 10.5 Å². The molecular weight excluding hydrogens is 222 g/mol. The molecule has 1 atom stereocenters. The molecule has 1 heterocycles. The molecule has 1 aromatic rings. The Hall–Kier alpha value is -0.860. The highest BCUT2D eigenvalue weighted by molar-refractivity contribution is 5.49. The summed E-state index contributed by atoms with van der Waals surface area (Å²) in [5.41, 5.74) is 13.3. The number of rotatable bonds is 3. The zero-order chi connectivity index (χ0) is 13.5. The van der Waals surface area contributed by atoms with Crippen molar-refractivity contribution in [1.29, 1.82) is 0 Å². The number of ether oxygens (including phenoxy) is 1. The largest absolute Gasteiger partial charge is 0.379 e. The Labute approximate surface area is 111 Å². The second-order valence-corrected chi connectivity index (χ2v) is 6.09. The molecule has 0 radical (unpaired) electrons. The summed E-state index contributed by atoms with van der Waals surface area (Å²) in [6, 6.07) is 2.50. The van der Waals surface area contributed by atoms with Crippen molar-refractivity contribution in [3.8, 4) is 0 Å². The van der Waals surface area contributed by atoms with Crippen molar-refractivity contribution < 1.29 is 4.74 Å². The summed E-state index contributed by atoms with van der Waals surface area (Å²) in [5.74, 6) is 0. The number of aryl methyl sites for hydroxylation is 2. The van der Waals surface area contributed by atoms with Gasteiger partial charge in [-0.3, -0.25) is 0 Å². The van der Waals surface area contributed by atoms with Crippen molar-refractivity contribution in [3.63, 3.8) is 0 Å². The first-order valence-electron chi connectivity index (χ1n) is 6.78. The fourth-order valence-corrected chi connectivity index (χ4v) is 3.34. The highest BCUT2D eigenvalue weighted by Gasteiger charge is 2.43. The highest BCUT2D eigenvalue weighted by Crippen LogP contribution is 2.41. The molecule has 0 bridgehead atoms. The molecule has 0 aromatic heterocycles. The number of benzene rings is 1. The van der Waals surface area contributed by atoms with Crippen LogP contribution in [0.3, 0.4) is 0 Å². The zero-order valence-electron chi connectivity index (χ0n) is 12.3. The molecule has 2 rings (SSSR count). The van der Waals surface area contributed by atoms with E-state index in [9.17, 15) is 0 Å². The van der Waals surface area contributed by atoms with Crippen LogP contribution in [0.2, 0.25) is 0 Å². The summed E-state index contributed by atoms with van der Waals surface area (Å²) in [7, 11) is 0. The van der Waals surface area contributed by atoms with Gasteiger partial charge < -0.3 is 10.5 Å². The van der Waals surface area contributed by atoms with Crippen molar-refractivity contribution in [1.82, 2.24) is 0 Å². The maximum atomic E-state index is 6.05. The second kappa shape index (κ2) is 4.67. The van der Waals surface area contributed by atoms with Crippen LogP contribution in [0.25, 0.3) is 0 Å². The van der Waals surface area contributed by atoms with Crippen LogP contribution in [0, 0.1) is 27.7 Å². The van der Waals surface area contributed by atoms with Gasteiger partial charge in [0.25, 0.3) is 0 Å². The van der Waals surface area contributed by atoms with E-state index in [1.165, 1.54) is 27.8 Å². The monoisotopic (exact) mass is 247 g/mol. The molecule has 1 unspecified atom stereocenters. The van der Waals surface area contributed by atoms with E-state index in [2.05, 4.69) is 40.7 Å². The molecule has 100 valence electrons. The molecule has 18 heavy (non-hydrogen) atoms.